The first-order chi connectivity index (χ1) is 8.79. The molecule has 0 spiro atoms. The lowest BCUT2D eigenvalue weighted by atomic mass is 9.92. The summed E-state index contributed by atoms with van der Waals surface area (Å²) >= 11 is 0. The summed E-state index contributed by atoms with van der Waals surface area (Å²) in [7, 11) is 0. The Morgan fingerprint density at radius 2 is 1.95 bits per heavy atom. The molecule has 1 saturated heterocycles. The zero-order chi connectivity index (χ0) is 14.2. The molecule has 8 heteroatoms. The molecule has 5 nitrogen and oxygen atoms in total. The molecule has 0 bridgehead atoms. The van der Waals surface area contributed by atoms with Crippen molar-refractivity contribution >= 4 is 11.9 Å². The van der Waals surface area contributed by atoms with Gasteiger partial charge in [0.25, 0.3) is 0 Å². The maximum atomic E-state index is 12.3. The maximum Gasteiger partial charge on any atom is 0.433 e. The predicted molar refractivity (Wildman–Crippen MR) is 56.7 cm³/mol. The second kappa shape index (κ2) is 4.52. The molecule has 0 radical (unpaired) electrons. The lowest BCUT2D eigenvalue weighted by molar-refractivity contribution is -0.141. The Bertz CT molecular complexity index is 507. The number of rotatable bonds is 2. The number of alkyl halides is 3. The highest BCUT2D eigenvalue weighted by molar-refractivity contribution is 5.99. The van der Waals surface area contributed by atoms with Crippen LogP contribution in [0.3, 0.4) is 0 Å². The van der Waals surface area contributed by atoms with E-state index in [4.69, 9.17) is 5.11 Å². The van der Waals surface area contributed by atoms with Crippen molar-refractivity contribution in [2.75, 3.05) is 13.1 Å². The normalized spacial score (nSPS) is 16.1. The van der Waals surface area contributed by atoms with E-state index in [1.54, 1.807) is 0 Å². The Hall–Kier alpha value is -2.12. The van der Waals surface area contributed by atoms with E-state index in [9.17, 15) is 22.8 Å². The van der Waals surface area contributed by atoms with Crippen molar-refractivity contribution in [1.29, 1.82) is 0 Å². The van der Waals surface area contributed by atoms with Gasteiger partial charge in [0.2, 0.25) is 0 Å². The molecule has 0 unspecified atom stereocenters. The number of likely N-dealkylation sites (tertiary alicyclic amines) is 1. The van der Waals surface area contributed by atoms with Crippen molar-refractivity contribution in [3.8, 4) is 0 Å². The maximum absolute atomic E-state index is 12.3. The molecule has 1 amide bonds. The first-order valence-corrected chi connectivity index (χ1v) is 5.34. The summed E-state index contributed by atoms with van der Waals surface area (Å²) in [5.74, 6) is -0.895. The van der Waals surface area contributed by atoms with E-state index < -0.39 is 29.7 Å². The molecule has 0 aliphatic carbocycles. The minimum Gasteiger partial charge on any atom is -0.465 e. The van der Waals surface area contributed by atoms with Crippen LogP contribution in [0.4, 0.5) is 18.0 Å². The van der Waals surface area contributed by atoms with Gasteiger partial charge in [-0.3, -0.25) is 9.78 Å². The monoisotopic (exact) mass is 274 g/mol. The Kier molecular flexibility index (Phi) is 3.17. The van der Waals surface area contributed by atoms with Crippen LogP contribution in [0, 0.1) is 5.92 Å². The number of hydrogen-bond acceptors (Lipinski definition) is 3. The molecule has 1 aromatic heterocycles. The van der Waals surface area contributed by atoms with E-state index in [1.165, 1.54) is 0 Å². The van der Waals surface area contributed by atoms with E-state index in [-0.39, 0.29) is 18.7 Å². The molecule has 1 fully saturated rings. The Morgan fingerprint density at radius 1 is 1.32 bits per heavy atom. The highest BCUT2D eigenvalue weighted by atomic mass is 19.4. The summed E-state index contributed by atoms with van der Waals surface area (Å²) in [6.45, 7) is 0.129. The minimum absolute atomic E-state index is 0.0584. The molecule has 2 heterocycles. The first kappa shape index (κ1) is 13.3. The minimum atomic E-state index is -4.54. The Morgan fingerprint density at radius 3 is 2.37 bits per heavy atom. The van der Waals surface area contributed by atoms with Gasteiger partial charge in [-0.05, 0) is 12.1 Å². The second-order valence-electron chi connectivity index (χ2n) is 4.18. The third-order valence-electron chi connectivity index (χ3n) is 2.86. The number of pyridine rings is 1. The number of nitrogens with zero attached hydrogens (tertiary/aromatic N) is 2. The third kappa shape index (κ3) is 2.67. The zero-order valence-corrected chi connectivity index (χ0v) is 9.52. The van der Waals surface area contributed by atoms with E-state index in [1.807, 2.05) is 0 Å². The average molecular weight is 274 g/mol. The van der Waals surface area contributed by atoms with Crippen LogP contribution >= 0.6 is 0 Å². The number of Topliss-reactive ketones (excluding diaryl/α,β-unsaturated/α-hetero) is 1. The van der Waals surface area contributed by atoms with Crippen LogP contribution in [0.2, 0.25) is 0 Å². The number of amides is 1. The Balaban J connectivity index is 2.04. The van der Waals surface area contributed by atoms with E-state index in [2.05, 4.69) is 4.98 Å². The summed E-state index contributed by atoms with van der Waals surface area (Å²) in [5.41, 5.74) is -1.01. The van der Waals surface area contributed by atoms with Crippen molar-refractivity contribution in [2.45, 2.75) is 6.18 Å². The third-order valence-corrected chi connectivity index (χ3v) is 2.86. The molecule has 0 aromatic carbocycles. The van der Waals surface area contributed by atoms with E-state index in [0.717, 1.165) is 23.2 Å². The summed E-state index contributed by atoms with van der Waals surface area (Å²) in [6, 6.07) is 1.79. The summed E-state index contributed by atoms with van der Waals surface area (Å²) < 4.78 is 36.8. The van der Waals surface area contributed by atoms with Gasteiger partial charge in [-0.15, -0.1) is 0 Å². The molecule has 102 valence electrons. The molecule has 0 saturated carbocycles. The summed E-state index contributed by atoms with van der Waals surface area (Å²) in [5, 5.41) is 8.61. The van der Waals surface area contributed by atoms with E-state index in [0.29, 0.717) is 0 Å². The molecule has 0 atom stereocenters. The smallest absolute Gasteiger partial charge is 0.433 e. The number of carboxylic acid groups (broad SMARTS) is 1. The molecular weight excluding hydrogens is 265 g/mol. The number of halogens is 3. The zero-order valence-electron chi connectivity index (χ0n) is 9.52. The molecule has 1 aromatic rings. The van der Waals surface area contributed by atoms with Crippen molar-refractivity contribution in [2.24, 2.45) is 5.92 Å². The quantitative estimate of drug-likeness (QED) is 0.836. The van der Waals surface area contributed by atoms with Crippen molar-refractivity contribution in [1.82, 2.24) is 9.88 Å². The molecule has 1 N–H and O–H groups in total. The number of carbonyl (C=O) groups excluding carboxylic acids is 1. The average Bonchev–Trinajstić information content (AvgIpc) is 2.25. The number of ketones is 1. The summed E-state index contributed by atoms with van der Waals surface area (Å²) in [6.07, 6.45) is -4.79. The number of hydrogen-bond donors (Lipinski definition) is 1. The molecule has 1 aliphatic heterocycles. The Labute approximate surface area is 105 Å². The lowest BCUT2D eigenvalue weighted by Crippen LogP contribution is -2.52. The standard InChI is InChI=1S/C11H9F3N2O3/c12-11(13,14)8-2-1-6(3-15-8)9(17)7-4-16(5-7)10(18)19/h1-3,7H,4-5H2,(H,18,19). The first-order valence-electron chi connectivity index (χ1n) is 5.34. The van der Waals surface area contributed by atoms with Gasteiger partial charge >= 0.3 is 12.3 Å². The van der Waals surface area contributed by atoms with Crippen molar-refractivity contribution in [3.63, 3.8) is 0 Å². The van der Waals surface area contributed by atoms with Crippen LogP contribution in [0.15, 0.2) is 18.3 Å². The van der Waals surface area contributed by atoms with Crippen LogP contribution in [0.5, 0.6) is 0 Å². The largest absolute Gasteiger partial charge is 0.465 e. The number of aromatic nitrogens is 1. The van der Waals surface area contributed by atoms with Crippen LogP contribution in [-0.2, 0) is 6.18 Å². The van der Waals surface area contributed by atoms with Gasteiger partial charge in [0.15, 0.2) is 5.78 Å². The van der Waals surface area contributed by atoms with Gasteiger partial charge < -0.3 is 10.0 Å². The fraction of sp³-hybridized carbons (Fsp3) is 0.364. The second-order valence-corrected chi connectivity index (χ2v) is 4.18. The predicted octanol–water partition coefficient (Wildman–Crippen LogP) is 1.89. The molecular formula is C11H9F3N2O3. The highest BCUT2D eigenvalue weighted by Gasteiger charge is 2.37. The van der Waals surface area contributed by atoms with Crippen LogP contribution in [0.1, 0.15) is 16.1 Å². The van der Waals surface area contributed by atoms with Crippen LogP contribution < -0.4 is 0 Å². The molecule has 1 aliphatic rings. The van der Waals surface area contributed by atoms with Crippen LogP contribution in [-0.4, -0.2) is 40.0 Å². The van der Waals surface area contributed by atoms with Crippen LogP contribution in [0.25, 0.3) is 0 Å². The van der Waals surface area contributed by atoms with Gasteiger partial charge in [-0.1, -0.05) is 0 Å². The topological polar surface area (TPSA) is 70.5 Å². The highest BCUT2D eigenvalue weighted by Crippen LogP contribution is 2.28. The fourth-order valence-corrected chi connectivity index (χ4v) is 1.74. The van der Waals surface area contributed by atoms with Gasteiger partial charge in [0, 0.05) is 24.8 Å². The molecule has 2 rings (SSSR count). The molecule has 19 heavy (non-hydrogen) atoms. The van der Waals surface area contributed by atoms with Gasteiger partial charge in [-0.25, -0.2) is 4.79 Å². The van der Waals surface area contributed by atoms with Gasteiger partial charge in [0.1, 0.15) is 5.69 Å². The SMILES string of the molecule is O=C(c1ccc(C(F)(F)F)nc1)C1CN(C(=O)O)C1. The van der Waals surface area contributed by atoms with E-state index >= 15 is 0 Å². The lowest BCUT2D eigenvalue weighted by Gasteiger charge is -2.35. The van der Waals surface area contributed by atoms with Gasteiger partial charge in [0.05, 0.1) is 5.92 Å². The van der Waals surface area contributed by atoms with Crippen molar-refractivity contribution < 1.29 is 27.9 Å². The summed E-state index contributed by atoms with van der Waals surface area (Å²) in [4.78, 5) is 26.6. The van der Waals surface area contributed by atoms with Crippen molar-refractivity contribution in [3.05, 3.63) is 29.6 Å². The number of carbonyl (C=O) groups is 2. The van der Waals surface area contributed by atoms with Gasteiger partial charge in [-0.2, -0.15) is 13.2 Å². The fourth-order valence-electron chi connectivity index (χ4n) is 1.74.